The summed E-state index contributed by atoms with van der Waals surface area (Å²) in [7, 11) is 0. The monoisotopic (exact) mass is 314 g/mol. The molecular formula is C15H20Cl2N2O. The van der Waals surface area contributed by atoms with Crippen molar-refractivity contribution in [2.45, 2.75) is 38.1 Å². The molecule has 0 radical (unpaired) electrons. The van der Waals surface area contributed by atoms with E-state index in [0.29, 0.717) is 16.6 Å². The normalized spacial score (nSPS) is 18.8. The lowest BCUT2D eigenvalue weighted by Gasteiger charge is -2.22. The van der Waals surface area contributed by atoms with Crippen LogP contribution in [0.4, 0.5) is 0 Å². The van der Waals surface area contributed by atoms with Crippen molar-refractivity contribution in [3.05, 3.63) is 33.8 Å². The maximum absolute atomic E-state index is 11.9. The second-order valence-corrected chi connectivity index (χ2v) is 5.98. The largest absolute Gasteiger partial charge is 0.355 e. The van der Waals surface area contributed by atoms with E-state index in [4.69, 9.17) is 23.2 Å². The van der Waals surface area contributed by atoms with Crippen molar-refractivity contribution < 1.29 is 4.79 Å². The van der Waals surface area contributed by atoms with E-state index in [2.05, 4.69) is 10.6 Å². The number of piperidine rings is 1. The Balaban J connectivity index is 1.69. The molecule has 1 aromatic carbocycles. The average molecular weight is 315 g/mol. The molecule has 1 heterocycles. The minimum atomic E-state index is -0.0112. The van der Waals surface area contributed by atoms with Crippen LogP contribution in [0, 0.1) is 0 Å². The molecule has 2 rings (SSSR count). The summed E-state index contributed by atoms with van der Waals surface area (Å²) in [5.41, 5.74) is 1.07. The predicted molar refractivity (Wildman–Crippen MR) is 83.4 cm³/mol. The number of hydrogen-bond acceptors (Lipinski definition) is 2. The van der Waals surface area contributed by atoms with Crippen LogP contribution >= 0.6 is 23.2 Å². The summed E-state index contributed by atoms with van der Waals surface area (Å²) in [5, 5.41) is 7.57. The number of nitrogens with one attached hydrogen (secondary N) is 2. The van der Waals surface area contributed by atoms with Crippen molar-refractivity contribution in [2.24, 2.45) is 0 Å². The molecule has 1 amide bonds. The molecule has 1 saturated heterocycles. The number of carbonyl (C=O) groups excluding carboxylic acids is 1. The van der Waals surface area contributed by atoms with Crippen molar-refractivity contribution in [1.29, 1.82) is 0 Å². The average Bonchev–Trinajstić information content (AvgIpc) is 2.46. The predicted octanol–water partition coefficient (Wildman–Crippen LogP) is 3.18. The summed E-state index contributed by atoms with van der Waals surface area (Å²) in [4.78, 5) is 11.9. The fraction of sp³-hybridized carbons (Fsp3) is 0.533. The van der Waals surface area contributed by atoms with Gasteiger partial charge >= 0.3 is 0 Å². The van der Waals surface area contributed by atoms with Crippen LogP contribution in [0.5, 0.6) is 0 Å². The first-order valence-electron chi connectivity index (χ1n) is 7.12. The van der Waals surface area contributed by atoms with Gasteiger partial charge in [0.1, 0.15) is 0 Å². The van der Waals surface area contributed by atoms with Crippen LogP contribution in [-0.2, 0) is 11.2 Å². The molecule has 5 heteroatoms. The van der Waals surface area contributed by atoms with Gasteiger partial charge in [0.05, 0.1) is 6.04 Å². The number of carbonyl (C=O) groups is 1. The molecule has 1 aliphatic rings. The molecule has 20 heavy (non-hydrogen) atoms. The van der Waals surface area contributed by atoms with Crippen molar-refractivity contribution in [1.82, 2.24) is 10.6 Å². The molecule has 1 unspecified atom stereocenters. The highest BCUT2D eigenvalue weighted by Gasteiger charge is 2.19. The Hall–Kier alpha value is -0.770. The number of benzene rings is 1. The zero-order valence-corrected chi connectivity index (χ0v) is 12.9. The van der Waals surface area contributed by atoms with Crippen LogP contribution in [-0.4, -0.2) is 25.0 Å². The Labute approximate surface area is 130 Å². The van der Waals surface area contributed by atoms with Gasteiger partial charge in [-0.1, -0.05) is 35.7 Å². The smallest absolute Gasteiger partial charge is 0.237 e. The van der Waals surface area contributed by atoms with Crippen LogP contribution in [0.3, 0.4) is 0 Å². The molecule has 1 aliphatic heterocycles. The molecule has 0 aromatic heterocycles. The van der Waals surface area contributed by atoms with Gasteiger partial charge in [-0.15, -0.1) is 0 Å². The van der Waals surface area contributed by atoms with E-state index >= 15 is 0 Å². The number of rotatable bonds is 5. The molecule has 3 nitrogen and oxygen atoms in total. The molecule has 0 saturated carbocycles. The molecule has 0 spiro atoms. The Kier molecular flexibility index (Phi) is 6.14. The van der Waals surface area contributed by atoms with Gasteiger partial charge in [0.2, 0.25) is 5.91 Å². The van der Waals surface area contributed by atoms with Crippen LogP contribution in [0.1, 0.15) is 31.2 Å². The van der Waals surface area contributed by atoms with Gasteiger partial charge < -0.3 is 10.6 Å². The molecule has 0 bridgehead atoms. The summed E-state index contributed by atoms with van der Waals surface area (Å²) in [5.74, 6) is 0.118. The molecular weight excluding hydrogens is 295 g/mol. The minimum absolute atomic E-state index is 0.0112. The minimum Gasteiger partial charge on any atom is -0.355 e. The van der Waals surface area contributed by atoms with Gasteiger partial charge in [-0.05, 0) is 49.9 Å². The summed E-state index contributed by atoms with van der Waals surface area (Å²) in [6, 6.07) is 5.52. The van der Waals surface area contributed by atoms with Gasteiger partial charge in [0, 0.05) is 16.6 Å². The summed E-state index contributed by atoms with van der Waals surface area (Å²) in [6.07, 6.45) is 4.95. The fourth-order valence-corrected chi connectivity index (χ4v) is 2.92. The molecule has 1 fully saturated rings. The Bertz CT molecular complexity index is 459. The lowest BCUT2D eigenvalue weighted by atomic mass is 10.0. The summed E-state index contributed by atoms with van der Waals surface area (Å²) >= 11 is 12.0. The highest BCUT2D eigenvalue weighted by molar-refractivity contribution is 6.35. The third kappa shape index (κ3) is 4.65. The van der Waals surface area contributed by atoms with Crippen LogP contribution in [0.15, 0.2) is 18.2 Å². The highest BCUT2D eigenvalue weighted by atomic mass is 35.5. The van der Waals surface area contributed by atoms with E-state index < -0.39 is 0 Å². The Morgan fingerprint density at radius 1 is 1.35 bits per heavy atom. The fourth-order valence-electron chi connectivity index (χ4n) is 2.41. The molecule has 110 valence electrons. The molecule has 1 aromatic rings. The quantitative estimate of drug-likeness (QED) is 0.820. The third-order valence-corrected chi connectivity index (χ3v) is 4.15. The number of aryl methyl sites for hydroxylation is 1. The second kappa shape index (κ2) is 7.87. The first kappa shape index (κ1) is 15.6. The number of halogens is 2. The van der Waals surface area contributed by atoms with E-state index in [0.717, 1.165) is 37.8 Å². The lowest BCUT2D eigenvalue weighted by Crippen LogP contribution is -2.46. The first-order valence-corrected chi connectivity index (χ1v) is 7.87. The van der Waals surface area contributed by atoms with Crippen molar-refractivity contribution in [3.63, 3.8) is 0 Å². The highest BCUT2D eigenvalue weighted by Crippen LogP contribution is 2.21. The van der Waals surface area contributed by atoms with Gasteiger partial charge in [-0.3, -0.25) is 4.79 Å². The van der Waals surface area contributed by atoms with Crippen molar-refractivity contribution >= 4 is 29.1 Å². The number of hydrogen-bond donors (Lipinski definition) is 2. The van der Waals surface area contributed by atoms with Crippen LogP contribution in [0.2, 0.25) is 10.0 Å². The van der Waals surface area contributed by atoms with Gasteiger partial charge in [0.15, 0.2) is 0 Å². The van der Waals surface area contributed by atoms with Gasteiger partial charge in [-0.25, -0.2) is 0 Å². The third-order valence-electron chi connectivity index (χ3n) is 3.56. The zero-order valence-electron chi connectivity index (χ0n) is 11.4. The van der Waals surface area contributed by atoms with E-state index in [1.165, 1.54) is 6.42 Å². The topological polar surface area (TPSA) is 41.1 Å². The van der Waals surface area contributed by atoms with Gasteiger partial charge in [0.25, 0.3) is 0 Å². The van der Waals surface area contributed by atoms with Gasteiger partial charge in [-0.2, -0.15) is 0 Å². The van der Waals surface area contributed by atoms with Crippen molar-refractivity contribution in [3.8, 4) is 0 Å². The van der Waals surface area contributed by atoms with Crippen molar-refractivity contribution in [2.75, 3.05) is 13.1 Å². The van der Waals surface area contributed by atoms with Crippen LogP contribution in [0.25, 0.3) is 0 Å². The standard InChI is InChI=1S/C15H20Cl2N2O/c16-12-7-6-11(13(17)10-12)4-3-9-19-15(20)14-5-1-2-8-18-14/h6-7,10,14,18H,1-5,8-9H2,(H,19,20). The van der Waals surface area contributed by atoms with E-state index in [1.807, 2.05) is 12.1 Å². The maximum atomic E-state index is 11.9. The van der Waals surface area contributed by atoms with Crippen LogP contribution < -0.4 is 10.6 Å². The zero-order chi connectivity index (χ0) is 14.4. The SMILES string of the molecule is O=C(NCCCc1ccc(Cl)cc1Cl)C1CCCCN1. The van der Waals surface area contributed by atoms with E-state index in [-0.39, 0.29) is 11.9 Å². The summed E-state index contributed by atoms with van der Waals surface area (Å²) < 4.78 is 0. The molecule has 2 N–H and O–H groups in total. The molecule has 0 aliphatic carbocycles. The maximum Gasteiger partial charge on any atom is 0.237 e. The Morgan fingerprint density at radius 2 is 2.20 bits per heavy atom. The molecule has 1 atom stereocenters. The summed E-state index contributed by atoms with van der Waals surface area (Å²) in [6.45, 7) is 1.62. The Morgan fingerprint density at radius 3 is 2.90 bits per heavy atom. The van der Waals surface area contributed by atoms with E-state index in [1.54, 1.807) is 6.07 Å². The number of amides is 1. The first-order chi connectivity index (χ1) is 9.66. The second-order valence-electron chi connectivity index (χ2n) is 5.13. The lowest BCUT2D eigenvalue weighted by molar-refractivity contribution is -0.123. The van der Waals surface area contributed by atoms with E-state index in [9.17, 15) is 4.79 Å².